The first-order valence-electron chi connectivity index (χ1n) is 5.48. The van der Waals surface area contributed by atoms with Crippen LogP contribution in [0.25, 0.3) is 0 Å². The topological polar surface area (TPSA) is 35.6 Å². The molecule has 0 spiro atoms. The predicted molar refractivity (Wildman–Crippen MR) is 69.6 cm³/mol. The van der Waals surface area contributed by atoms with Crippen LogP contribution in [0, 0.1) is 0 Å². The van der Waals surface area contributed by atoms with E-state index in [9.17, 15) is 4.79 Å². The molecule has 0 radical (unpaired) electrons. The lowest BCUT2D eigenvalue weighted by atomic mass is 10.2. The molecule has 0 unspecified atom stereocenters. The van der Waals surface area contributed by atoms with Crippen LogP contribution in [0.2, 0.25) is 0 Å². The molecule has 96 valence electrons. The Labute approximate surface area is 110 Å². The van der Waals surface area contributed by atoms with Gasteiger partial charge in [0.1, 0.15) is 0 Å². The van der Waals surface area contributed by atoms with Crippen molar-refractivity contribution < 1.29 is 4.79 Å². The number of rotatable bonds is 1. The van der Waals surface area contributed by atoms with Crippen molar-refractivity contribution in [1.82, 2.24) is 15.1 Å². The fourth-order valence-corrected chi connectivity index (χ4v) is 2.14. The minimum Gasteiger partial charge on any atom is -0.339 e. The summed E-state index contributed by atoms with van der Waals surface area (Å²) in [5.41, 5.74) is 0. The maximum absolute atomic E-state index is 12.0. The molecule has 1 amide bonds. The molecule has 2 fully saturated rings. The van der Waals surface area contributed by atoms with E-state index >= 15 is 0 Å². The van der Waals surface area contributed by atoms with Gasteiger partial charge in [0.2, 0.25) is 5.91 Å². The highest BCUT2D eigenvalue weighted by atomic mass is 35.5. The number of nitrogens with zero attached hydrogens (tertiary/aromatic N) is 2. The standard InChI is InChI=1S/C10H19N3O.2ClH/c1-12-5-7-13(8-6-12)10(14)9-3-2-4-11-9;;/h9,11H,2-8H2,1H3;2*1H/t9-;;/m0../s1. The summed E-state index contributed by atoms with van der Waals surface area (Å²) < 4.78 is 0. The number of carbonyl (C=O) groups is 1. The predicted octanol–water partition coefficient (Wildman–Crippen LogP) is 0.356. The van der Waals surface area contributed by atoms with Crippen molar-refractivity contribution in [1.29, 1.82) is 0 Å². The average molecular weight is 270 g/mol. The zero-order valence-corrected chi connectivity index (χ0v) is 11.3. The van der Waals surface area contributed by atoms with E-state index in [0.29, 0.717) is 5.91 Å². The van der Waals surface area contributed by atoms with Gasteiger partial charge in [0.15, 0.2) is 0 Å². The molecular weight excluding hydrogens is 249 g/mol. The van der Waals surface area contributed by atoms with Crippen LogP contribution in [0.1, 0.15) is 12.8 Å². The molecule has 1 atom stereocenters. The Balaban J connectivity index is 0.00000112. The summed E-state index contributed by atoms with van der Waals surface area (Å²) in [5, 5.41) is 3.26. The monoisotopic (exact) mass is 269 g/mol. The van der Waals surface area contributed by atoms with Gasteiger partial charge in [-0.05, 0) is 26.4 Å². The van der Waals surface area contributed by atoms with Crippen LogP contribution in [0.5, 0.6) is 0 Å². The normalized spacial score (nSPS) is 25.8. The Kier molecular flexibility index (Phi) is 7.31. The number of carbonyl (C=O) groups excluding carboxylic acids is 1. The smallest absolute Gasteiger partial charge is 0.239 e. The molecule has 0 aromatic rings. The molecule has 16 heavy (non-hydrogen) atoms. The molecule has 2 rings (SSSR count). The van der Waals surface area contributed by atoms with E-state index in [2.05, 4.69) is 17.3 Å². The van der Waals surface area contributed by atoms with Crippen LogP contribution in [-0.2, 0) is 4.79 Å². The van der Waals surface area contributed by atoms with Gasteiger partial charge in [0.25, 0.3) is 0 Å². The molecule has 0 aromatic heterocycles. The molecule has 2 aliphatic heterocycles. The molecule has 0 saturated carbocycles. The summed E-state index contributed by atoms with van der Waals surface area (Å²) in [4.78, 5) is 16.2. The van der Waals surface area contributed by atoms with Gasteiger partial charge < -0.3 is 15.1 Å². The van der Waals surface area contributed by atoms with Crippen molar-refractivity contribution >= 4 is 30.7 Å². The van der Waals surface area contributed by atoms with Gasteiger partial charge in [-0.25, -0.2) is 0 Å². The Morgan fingerprint density at radius 1 is 1.19 bits per heavy atom. The Hall–Kier alpha value is -0.0300. The van der Waals surface area contributed by atoms with Crippen molar-refractivity contribution in [2.75, 3.05) is 39.8 Å². The number of likely N-dealkylation sites (N-methyl/N-ethyl adjacent to an activating group) is 1. The Bertz CT molecular complexity index is 214. The molecular formula is C10H21Cl2N3O. The first-order chi connectivity index (χ1) is 6.77. The van der Waals surface area contributed by atoms with Crippen LogP contribution in [0.4, 0.5) is 0 Å². The van der Waals surface area contributed by atoms with Crippen LogP contribution in [-0.4, -0.2) is 61.5 Å². The lowest BCUT2D eigenvalue weighted by Crippen LogP contribution is -2.52. The zero-order chi connectivity index (χ0) is 9.97. The summed E-state index contributed by atoms with van der Waals surface area (Å²) in [6.45, 7) is 4.82. The van der Waals surface area contributed by atoms with E-state index in [1.807, 2.05) is 4.90 Å². The second kappa shape index (κ2) is 7.33. The van der Waals surface area contributed by atoms with Gasteiger partial charge in [-0.15, -0.1) is 24.8 Å². The molecule has 6 heteroatoms. The van der Waals surface area contributed by atoms with E-state index in [-0.39, 0.29) is 30.9 Å². The lowest BCUT2D eigenvalue weighted by molar-refractivity contribution is -0.134. The summed E-state index contributed by atoms with van der Waals surface area (Å²) in [6.07, 6.45) is 2.16. The van der Waals surface area contributed by atoms with Crippen LogP contribution in [0.15, 0.2) is 0 Å². The van der Waals surface area contributed by atoms with Crippen molar-refractivity contribution in [2.24, 2.45) is 0 Å². The van der Waals surface area contributed by atoms with Crippen molar-refractivity contribution in [3.8, 4) is 0 Å². The zero-order valence-electron chi connectivity index (χ0n) is 9.65. The van der Waals surface area contributed by atoms with E-state index in [1.54, 1.807) is 0 Å². The first-order valence-corrected chi connectivity index (χ1v) is 5.48. The number of piperazine rings is 1. The third kappa shape index (κ3) is 3.77. The minimum atomic E-state index is 0. The van der Waals surface area contributed by atoms with E-state index in [0.717, 1.165) is 45.6 Å². The summed E-state index contributed by atoms with van der Waals surface area (Å²) in [7, 11) is 2.11. The molecule has 0 aliphatic carbocycles. The van der Waals surface area contributed by atoms with E-state index in [4.69, 9.17) is 0 Å². The number of halogens is 2. The highest BCUT2D eigenvalue weighted by Crippen LogP contribution is 2.10. The second-order valence-corrected chi connectivity index (χ2v) is 4.28. The van der Waals surface area contributed by atoms with Crippen LogP contribution >= 0.6 is 24.8 Å². The largest absolute Gasteiger partial charge is 0.339 e. The van der Waals surface area contributed by atoms with Crippen LogP contribution < -0.4 is 5.32 Å². The fourth-order valence-electron chi connectivity index (χ4n) is 2.14. The SMILES string of the molecule is CN1CCN(C(=O)[C@@H]2CCCN2)CC1.Cl.Cl. The number of amides is 1. The van der Waals surface area contributed by atoms with Gasteiger partial charge in [0, 0.05) is 26.2 Å². The van der Waals surface area contributed by atoms with Gasteiger partial charge in [-0.3, -0.25) is 4.79 Å². The van der Waals surface area contributed by atoms with Crippen LogP contribution in [0.3, 0.4) is 0 Å². The maximum atomic E-state index is 12.0. The first kappa shape index (κ1) is 16.0. The van der Waals surface area contributed by atoms with E-state index in [1.165, 1.54) is 0 Å². The van der Waals surface area contributed by atoms with Gasteiger partial charge >= 0.3 is 0 Å². The highest BCUT2D eigenvalue weighted by molar-refractivity contribution is 5.85. The third-order valence-corrected chi connectivity index (χ3v) is 3.17. The maximum Gasteiger partial charge on any atom is 0.239 e. The Morgan fingerprint density at radius 2 is 1.81 bits per heavy atom. The quantitative estimate of drug-likeness (QED) is 0.747. The molecule has 1 N–H and O–H groups in total. The number of nitrogens with one attached hydrogen (secondary N) is 1. The van der Waals surface area contributed by atoms with Gasteiger partial charge in [0.05, 0.1) is 6.04 Å². The summed E-state index contributed by atoms with van der Waals surface area (Å²) in [5.74, 6) is 0.315. The van der Waals surface area contributed by atoms with Crippen molar-refractivity contribution in [2.45, 2.75) is 18.9 Å². The Morgan fingerprint density at radius 3 is 2.31 bits per heavy atom. The average Bonchev–Trinajstić information content (AvgIpc) is 2.71. The molecule has 2 aliphatic rings. The van der Waals surface area contributed by atoms with E-state index < -0.39 is 0 Å². The summed E-state index contributed by atoms with van der Waals surface area (Å²) >= 11 is 0. The van der Waals surface area contributed by atoms with Crippen molar-refractivity contribution in [3.05, 3.63) is 0 Å². The molecule has 2 heterocycles. The van der Waals surface area contributed by atoms with Gasteiger partial charge in [-0.2, -0.15) is 0 Å². The third-order valence-electron chi connectivity index (χ3n) is 3.17. The molecule has 4 nitrogen and oxygen atoms in total. The summed E-state index contributed by atoms with van der Waals surface area (Å²) in [6, 6.07) is 0.110. The molecule has 0 bridgehead atoms. The molecule has 2 saturated heterocycles. The second-order valence-electron chi connectivity index (χ2n) is 4.28. The highest BCUT2D eigenvalue weighted by Gasteiger charge is 2.28. The fraction of sp³-hybridized carbons (Fsp3) is 0.900. The number of hydrogen-bond acceptors (Lipinski definition) is 3. The lowest BCUT2D eigenvalue weighted by Gasteiger charge is -2.33. The number of hydrogen-bond donors (Lipinski definition) is 1. The molecule has 0 aromatic carbocycles. The van der Waals surface area contributed by atoms with Crippen molar-refractivity contribution in [3.63, 3.8) is 0 Å². The minimum absolute atomic E-state index is 0. The van der Waals surface area contributed by atoms with Gasteiger partial charge in [-0.1, -0.05) is 0 Å².